The second-order valence-electron chi connectivity index (χ2n) is 5.66. The van der Waals surface area contributed by atoms with Crippen LogP contribution in [0.2, 0.25) is 0 Å². The normalized spacial score (nSPS) is 15.8. The number of fused-ring (bicyclic) bond motifs is 1. The van der Waals surface area contributed by atoms with E-state index in [-0.39, 0.29) is 21.9 Å². The lowest BCUT2D eigenvalue weighted by Gasteiger charge is -2.18. The fraction of sp³-hybridized carbons (Fsp3) is 0.467. The van der Waals surface area contributed by atoms with Gasteiger partial charge in [0.25, 0.3) is 21.8 Å². The van der Waals surface area contributed by atoms with Crippen molar-refractivity contribution < 1.29 is 18.0 Å². The van der Waals surface area contributed by atoms with Gasteiger partial charge < -0.3 is 11.1 Å². The van der Waals surface area contributed by atoms with Crippen molar-refractivity contribution in [3.05, 3.63) is 29.3 Å². The van der Waals surface area contributed by atoms with Gasteiger partial charge in [0.15, 0.2) is 0 Å². The lowest BCUT2D eigenvalue weighted by molar-refractivity contribution is 0.0845. The predicted octanol–water partition coefficient (Wildman–Crippen LogP) is 0.708. The minimum Gasteiger partial charge on any atom is -0.352 e. The van der Waals surface area contributed by atoms with Crippen LogP contribution in [0.15, 0.2) is 23.1 Å². The number of carbonyl (C=O) groups is 2. The maximum atomic E-state index is 12.5. The maximum absolute atomic E-state index is 12.5. The van der Waals surface area contributed by atoms with Crippen molar-refractivity contribution in [1.29, 1.82) is 0 Å². The first-order valence-electron chi connectivity index (χ1n) is 7.51. The lowest BCUT2D eigenvalue weighted by Crippen LogP contribution is -2.36. The van der Waals surface area contributed by atoms with E-state index in [1.54, 1.807) is 13.8 Å². The van der Waals surface area contributed by atoms with Crippen molar-refractivity contribution in [2.75, 3.05) is 13.1 Å². The average Bonchev–Trinajstić information content (AvgIpc) is 2.69. The molecule has 126 valence electrons. The van der Waals surface area contributed by atoms with Crippen molar-refractivity contribution >= 4 is 21.8 Å². The zero-order chi connectivity index (χ0) is 17.2. The third kappa shape index (κ3) is 3.23. The van der Waals surface area contributed by atoms with Crippen LogP contribution in [0.1, 0.15) is 47.4 Å². The Morgan fingerprint density at radius 3 is 2.61 bits per heavy atom. The van der Waals surface area contributed by atoms with Gasteiger partial charge in [-0.1, -0.05) is 0 Å². The second kappa shape index (κ2) is 6.67. The van der Waals surface area contributed by atoms with E-state index >= 15 is 0 Å². The molecule has 0 saturated heterocycles. The summed E-state index contributed by atoms with van der Waals surface area (Å²) in [6.07, 6.45) is 1.56. The number of hydrogen-bond donors (Lipinski definition) is 2. The van der Waals surface area contributed by atoms with Crippen LogP contribution < -0.4 is 11.1 Å². The van der Waals surface area contributed by atoms with Gasteiger partial charge in [-0.05, 0) is 51.4 Å². The van der Waals surface area contributed by atoms with E-state index in [9.17, 15) is 18.0 Å². The van der Waals surface area contributed by atoms with E-state index < -0.39 is 22.0 Å². The monoisotopic (exact) mass is 339 g/mol. The molecule has 2 amide bonds. The number of nitrogens with two attached hydrogens (primary N) is 1. The summed E-state index contributed by atoms with van der Waals surface area (Å²) in [5, 5.41) is 2.71. The highest BCUT2D eigenvalue weighted by molar-refractivity contribution is 7.90. The molecule has 1 aliphatic heterocycles. The van der Waals surface area contributed by atoms with Gasteiger partial charge in [-0.15, -0.1) is 0 Å². The Balaban J connectivity index is 2.26. The van der Waals surface area contributed by atoms with E-state index in [1.165, 1.54) is 18.2 Å². The number of sulfonamides is 1. The summed E-state index contributed by atoms with van der Waals surface area (Å²) < 4.78 is 25.8. The van der Waals surface area contributed by atoms with Crippen LogP contribution in [0.3, 0.4) is 0 Å². The molecule has 0 atom stereocenters. The molecule has 1 aliphatic rings. The van der Waals surface area contributed by atoms with Crippen molar-refractivity contribution in [2.45, 2.75) is 37.6 Å². The Hall–Kier alpha value is -1.93. The molecule has 1 aromatic carbocycles. The molecular weight excluding hydrogens is 318 g/mol. The number of hydrogen-bond acceptors (Lipinski definition) is 5. The molecule has 0 unspecified atom stereocenters. The fourth-order valence-electron chi connectivity index (χ4n) is 2.47. The standard InChI is InChI=1S/C15H21N3O4S/c1-10(2)18-15(20)12-6-5-11(9-13(12)23(18,21)22)14(19)17-8-4-3-7-16/h5-6,9-10H,3-4,7-8,16H2,1-2H3,(H,17,19). The molecule has 3 N–H and O–H groups in total. The van der Waals surface area contributed by atoms with Gasteiger partial charge in [0.1, 0.15) is 4.90 Å². The first kappa shape index (κ1) is 17.4. The molecule has 0 radical (unpaired) electrons. The number of unbranched alkanes of at least 4 members (excludes halogenated alkanes) is 1. The fourth-order valence-corrected chi connectivity index (χ4v) is 4.27. The molecule has 0 aliphatic carbocycles. The molecule has 2 rings (SSSR count). The SMILES string of the molecule is CC(C)N1C(=O)c2ccc(C(=O)NCCCCN)cc2S1(=O)=O. The highest BCUT2D eigenvalue weighted by Gasteiger charge is 2.42. The van der Waals surface area contributed by atoms with Crippen molar-refractivity contribution in [3.63, 3.8) is 0 Å². The Morgan fingerprint density at radius 2 is 2.00 bits per heavy atom. The summed E-state index contributed by atoms with van der Waals surface area (Å²) in [7, 11) is -3.89. The van der Waals surface area contributed by atoms with Gasteiger partial charge in [-0.25, -0.2) is 12.7 Å². The van der Waals surface area contributed by atoms with Crippen molar-refractivity contribution in [2.24, 2.45) is 5.73 Å². The largest absolute Gasteiger partial charge is 0.352 e. The first-order valence-corrected chi connectivity index (χ1v) is 8.95. The Morgan fingerprint density at radius 1 is 1.30 bits per heavy atom. The number of nitrogens with zero attached hydrogens (tertiary/aromatic N) is 1. The van der Waals surface area contributed by atoms with Gasteiger partial charge in [0.05, 0.1) is 5.56 Å². The molecule has 0 saturated carbocycles. The summed E-state index contributed by atoms with van der Waals surface area (Å²) in [6, 6.07) is 3.65. The van der Waals surface area contributed by atoms with E-state index in [0.29, 0.717) is 13.1 Å². The molecule has 1 heterocycles. The number of amides is 2. The highest BCUT2D eigenvalue weighted by atomic mass is 32.2. The van der Waals surface area contributed by atoms with E-state index in [2.05, 4.69) is 5.32 Å². The third-order valence-corrected chi connectivity index (χ3v) is 5.60. The van der Waals surface area contributed by atoms with E-state index in [1.807, 2.05) is 0 Å². The summed E-state index contributed by atoms with van der Waals surface area (Å²) in [5.74, 6) is -0.916. The van der Waals surface area contributed by atoms with Crippen LogP contribution in [0, 0.1) is 0 Å². The summed E-state index contributed by atoms with van der Waals surface area (Å²) in [5.41, 5.74) is 5.71. The molecule has 0 aromatic heterocycles. The Bertz CT molecular complexity index is 728. The number of nitrogens with one attached hydrogen (secondary N) is 1. The van der Waals surface area contributed by atoms with Gasteiger partial charge in [0.2, 0.25) is 0 Å². The Labute approximate surface area is 135 Å². The second-order valence-corrected chi connectivity index (χ2v) is 7.45. The number of carbonyl (C=O) groups excluding carboxylic acids is 2. The molecule has 23 heavy (non-hydrogen) atoms. The minimum atomic E-state index is -3.89. The van der Waals surface area contributed by atoms with Crippen molar-refractivity contribution in [1.82, 2.24) is 9.62 Å². The zero-order valence-electron chi connectivity index (χ0n) is 13.2. The zero-order valence-corrected chi connectivity index (χ0v) is 14.0. The van der Waals surface area contributed by atoms with Crippen LogP contribution in [-0.4, -0.2) is 43.7 Å². The van der Waals surface area contributed by atoms with E-state index in [0.717, 1.165) is 17.1 Å². The third-order valence-electron chi connectivity index (χ3n) is 3.60. The molecule has 0 spiro atoms. The molecular formula is C15H21N3O4S. The van der Waals surface area contributed by atoms with Gasteiger partial charge in [-0.3, -0.25) is 9.59 Å². The minimum absolute atomic E-state index is 0.106. The molecule has 7 nitrogen and oxygen atoms in total. The summed E-state index contributed by atoms with van der Waals surface area (Å²) in [6.45, 7) is 4.29. The van der Waals surface area contributed by atoms with Crippen LogP contribution in [-0.2, 0) is 10.0 Å². The maximum Gasteiger partial charge on any atom is 0.269 e. The molecule has 1 aromatic rings. The molecule has 8 heteroatoms. The van der Waals surface area contributed by atoms with Gasteiger partial charge >= 0.3 is 0 Å². The topological polar surface area (TPSA) is 110 Å². The van der Waals surface area contributed by atoms with Crippen LogP contribution in [0.4, 0.5) is 0 Å². The van der Waals surface area contributed by atoms with Crippen LogP contribution >= 0.6 is 0 Å². The summed E-state index contributed by atoms with van der Waals surface area (Å²) >= 11 is 0. The average molecular weight is 339 g/mol. The lowest BCUT2D eigenvalue weighted by atomic mass is 10.1. The van der Waals surface area contributed by atoms with Crippen LogP contribution in [0.5, 0.6) is 0 Å². The highest BCUT2D eigenvalue weighted by Crippen LogP contribution is 2.32. The molecule has 0 fully saturated rings. The van der Waals surface area contributed by atoms with E-state index in [4.69, 9.17) is 5.73 Å². The quantitative estimate of drug-likeness (QED) is 0.742. The van der Waals surface area contributed by atoms with Crippen LogP contribution in [0.25, 0.3) is 0 Å². The Kier molecular flexibility index (Phi) is 5.06. The predicted molar refractivity (Wildman–Crippen MR) is 85.6 cm³/mol. The summed E-state index contributed by atoms with van der Waals surface area (Å²) in [4.78, 5) is 24.2. The first-order chi connectivity index (χ1) is 10.8. The van der Waals surface area contributed by atoms with Gasteiger partial charge in [-0.2, -0.15) is 0 Å². The van der Waals surface area contributed by atoms with Gasteiger partial charge in [0, 0.05) is 18.2 Å². The molecule has 0 bridgehead atoms. The van der Waals surface area contributed by atoms with Crippen molar-refractivity contribution in [3.8, 4) is 0 Å². The number of benzene rings is 1. The number of rotatable bonds is 6. The smallest absolute Gasteiger partial charge is 0.269 e.